The zero-order valence-electron chi connectivity index (χ0n) is 16.5. The lowest BCUT2D eigenvalue weighted by molar-refractivity contribution is -0.141. The topological polar surface area (TPSA) is 91.3 Å². The molecule has 1 aliphatic heterocycles. The minimum Gasteiger partial charge on any atom is -0.497 e. The van der Waals surface area contributed by atoms with E-state index in [0.29, 0.717) is 49.3 Å². The average Bonchev–Trinajstić information content (AvgIpc) is 3.39. The van der Waals surface area contributed by atoms with Crippen LogP contribution < -0.4 is 9.64 Å². The summed E-state index contributed by atoms with van der Waals surface area (Å²) in [6, 6.07) is 7.08. The molecule has 166 valence electrons. The Bertz CT molecular complexity index is 1000. The summed E-state index contributed by atoms with van der Waals surface area (Å²) < 4.78 is 56.2. The van der Waals surface area contributed by atoms with Gasteiger partial charge in [-0.15, -0.1) is 10.2 Å². The molecule has 0 saturated carbocycles. The molecule has 1 aliphatic rings. The Kier molecular flexibility index (Phi) is 6.32. The van der Waals surface area contributed by atoms with Gasteiger partial charge in [0.15, 0.2) is 11.0 Å². The lowest BCUT2D eigenvalue weighted by atomic mass is 10.2. The SMILES string of the molecule is COc1ccc(-c2nc(CSc3nnc(N4CCOCC4)n3CC(F)(F)F)no2)cc1. The predicted octanol–water partition coefficient (Wildman–Crippen LogP) is 3.03. The Labute approximate surface area is 179 Å². The zero-order valence-corrected chi connectivity index (χ0v) is 17.3. The minimum absolute atomic E-state index is 0.134. The van der Waals surface area contributed by atoms with Crippen molar-refractivity contribution in [3.63, 3.8) is 0 Å². The van der Waals surface area contributed by atoms with Crippen LogP contribution >= 0.6 is 11.8 Å². The van der Waals surface area contributed by atoms with Crippen molar-refractivity contribution in [3.05, 3.63) is 30.1 Å². The fraction of sp³-hybridized carbons (Fsp3) is 0.444. The van der Waals surface area contributed by atoms with Crippen molar-refractivity contribution >= 4 is 17.7 Å². The van der Waals surface area contributed by atoms with Crippen LogP contribution in [0.2, 0.25) is 0 Å². The van der Waals surface area contributed by atoms with Crippen molar-refractivity contribution in [2.45, 2.75) is 23.6 Å². The highest BCUT2D eigenvalue weighted by atomic mass is 32.2. The number of halogens is 3. The fourth-order valence-electron chi connectivity index (χ4n) is 3.00. The van der Waals surface area contributed by atoms with Gasteiger partial charge in [0.25, 0.3) is 5.89 Å². The first kappa shape index (κ1) is 21.4. The van der Waals surface area contributed by atoms with Crippen LogP contribution in [0.4, 0.5) is 19.1 Å². The smallest absolute Gasteiger partial charge is 0.406 e. The van der Waals surface area contributed by atoms with Crippen LogP contribution in [0.5, 0.6) is 5.75 Å². The van der Waals surface area contributed by atoms with E-state index in [4.69, 9.17) is 14.0 Å². The molecule has 1 aromatic carbocycles. The number of thioether (sulfide) groups is 1. The maximum Gasteiger partial charge on any atom is 0.406 e. The quantitative estimate of drug-likeness (QED) is 0.498. The highest BCUT2D eigenvalue weighted by Gasteiger charge is 2.33. The molecule has 3 aromatic rings. The molecule has 1 fully saturated rings. The van der Waals surface area contributed by atoms with Gasteiger partial charge in [-0.05, 0) is 24.3 Å². The number of morpholine rings is 1. The summed E-state index contributed by atoms with van der Waals surface area (Å²) in [4.78, 5) is 6.04. The first-order chi connectivity index (χ1) is 14.9. The van der Waals surface area contributed by atoms with Crippen LogP contribution in [0.15, 0.2) is 33.9 Å². The van der Waals surface area contributed by atoms with E-state index < -0.39 is 12.7 Å². The van der Waals surface area contributed by atoms with Gasteiger partial charge in [-0.1, -0.05) is 16.9 Å². The average molecular weight is 456 g/mol. The normalized spacial score (nSPS) is 14.8. The molecule has 0 spiro atoms. The number of hydrogen-bond donors (Lipinski definition) is 0. The summed E-state index contributed by atoms with van der Waals surface area (Å²) in [5.74, 6) is 1.70. The standard InChI is InChI=1S/C18H19F3N6O3S/c1-28-13-4-2-12(3-5-13)15-22-14(25-30-15)10-31-17-24-23-16(26-6-8-29-9-7-26)27(17)11-18(19,20)21/h2-5H,6-11H2,1H3. The third-order valence-corrected chi connectivity index (χ3v) is 5.43. The number of benzene rings is 1. The van der Waals surface area contributed by atoms with Crippen molar-refractivity contribution in [2.75, 3.05) is 38.3 Å². The molecule has 13 heteroatoms. The van der Waals surface area contributed by atoms with Crippen molar-refractivity contribution in [3.8, 4) is 17.2 Å². The second kappa shape index (κ2) is 9.14. The Balaban J connectivity index is 1.49. The largest absolute Gasteiger partial charge is 0.497 e. The summed E-state index contributed by atoms with van der Waals surface area (Å²) in [6.07, 6.45) is -4.41. The summed E-state index contributed by atoms with van der Waals surface area (Å²) in [6.45, 7) is 0.586. The molecule has 0 unspecified atom stereocenters. The van der Waals surface area contributed by atoms with Crippen molar-refractivity contribution in [1.29, 1.82) is 0 Å². The Morgan fingerprint density at radius 1 is 1.13 bits per heavy atom. The molecule has 31 heavy (non-hydrogen) atoms. The van der Waals surface area contributed by atoms with E-state index in [9.17, 15) is 13.2 Å². The molecule has 0 aliphatic carbocycles. The van der Waals surface area contributed by atoms with Crippen LogP contribution in [0.25, 0.3) is 11.5 Å². The molecule has 4 rings (SSSR count). The van der Waals surface area contributed by atoms with E-state index in [1.807, 2.05) is 0 Å². The molecule has 3 heterocycles. The van der Waals surface area contributed by atoms with Crippen molar-refractivity contribution in [1.82, 2.24) is 24.9 Å². The lowest BCUT2D eigenvalue weighted by Gasteiger charge is -2.28. The van der Waals surface area contributed by atoms with Crippen LogP contribution in [-0.4, -0.2) is 64.5 Å². The van der Waals surface area contributed by atoms with Gasteiger partial charge in [0, 0.05) is 18.7 Å². The molecule has 0 bridgehead atoms. The minimum atomic E-state index is -4.41. The van der Waals surface area contributed by atoms with Crippen LogP contribution in [0.3, 0.4) is 0 Å². The molecule has 1 saturated heterocycles. The molecular weight excluding hydrogens is 437 g/mol. The van der Waals surface area contributed by atoms with Gasteiger partial charge in [-0.25, -0.2) is 0 Å². The van der Waals surface area contributed by atoms with Gasteiger partial charge in [-0.3, -0.25) is 4.57 Å². The third-order valence-electron chi connectivity index (χ3n) is 4.46. The van der Waals surface area contributed by atoms with Gasteiger partial charge in [0.05, 0.1) is 26.1 Å². The second-order valence-electron chi connectivity index (χ2n) is 6.62. The van der Waals surface area contributed by atoms with Crippen LogP contribution in [-0.2, 0) is 17.0 Å². The van der Waals surface area contributed by atoms with Crippen LogP contribution in [0.1, 0.15) is 5.82 Å². The second-order valence-corrected chi connectivity index (χ2v) is 7.56. The molecule has 0 atom stereocenters. The number of alkyl halides is 3. The number of hydrogen-bond acceptors (Lipinski definition) is 9. The summed E-state index contributed by atoms with van der Waals surface area (Å²) in [5, 5.41) is 12.0. The van der Waals surface area contributed by atoms with E-state index in [0.717, 1.165) is 16.3 Å². The number of anilines is 1. The van der Waals surface area contributed by atoms with E-state index in [2.05, 4.69) is 20.3 Å². The Hall–Kier alpha value is -2.80. The van der Waals surface area contributed by atoms with Gasteiger partial charge < -0.3 is 18.9 Å². The maximum atomic E-state index is 13.2. The molecular formula is C18H19F3N6O3S. The number of aromatic nitrogens is 5. The highest BCUT2D eigenvalue weighted by molar-refractivity contribution is 7.98. The van der Waals surface area contributed by atoms with Crippen molar-refractivity contribution < 1.29 is 27.2 Å². The zero-order chi connectivity index (χ0) is 21.8. The summed E-state index contributed by atoms with van der Waals surface area (Å²) in [5.41, 5.74) is 0.708. The summed E-state index contributed by atoms with van der Waals surface area (Å²) in [7, 11) is 1.57. The fourth-order valence-corrected chi connectivity index (χ4v) is 3.77. The van der Waals surface area contributed by atoms with Gasteiger partial charge in [0.2, 0.25) is 5.95 Å². The van der Waals surface area contributed by atoms with Crippen molar-refractivity contribution in [2.24, 2.45) is 0 Å². The first-order valence-corrected chi connectivity index (χ1v) is 10.3. The van der Waals surface area contributed by atoms with E-state index in [1.54, 1.807) is 36.3 Å². The highest BCUT2D eigenvalue weighted by Crippen LogP contribution is 2.29. The molecule has 0 N–H and O–H groups in total. The first-order valence-electron chi connectivity index (χ1n) is 9.35. The van der Waals surface area contributed by atoms with Crippen LogP contribution in [0, 0.1) is 0 Å². The number of nitrogens with zero attached hydrogens (tertiary/aromatic N) is 6. The lowest BCUT2D eigenvalue weighted by Crippen LogP contribution is -2.38. The van der Waals surface area contributed by atoms with E-state index in [1.165, 1.54) is 0 Å². The molecule has 9 nitrogen and oxygen atoms in total. The maximum absolute atomic E-state index is 13.2. The third kappa shape index (κ3) is 5.28. The predicted molar refractivity (Wildman–Crippen MR) is 105 cm³/mol. The molecule has 2 aromatic heterocycles. The Morgan fingerprint density at radius 3 is 2.55 bits per heavy atom. The van der Waals surface area contributed by atoms with E-state index in [-0.39, 0.29) is 16.9 Å². The van der Waals surface area contributed by atoms with Gasteiger partial charge >= 0.3 is 6.18 Å². The number of methoxy groups -OCH3 is 1. The molecule has 0 radical (unpaired) electrons. The van der Waals surface area contributed by atoms with Gasteiger partial charge in [-0.2, -0.15) is 18.2 Å². The Morgan fingerprint density at radius 2 is 1.87 bits per heavy atom. The summed E-state index contributed by atoms with van der Waals surface area (Å²) >= 11 is 1.07. The van der Waals surface area contributed by atoms with Gasteiger partial charge in [0.1, 0.15) is 12.3 Å². The van der Waals surface area contributed by atoms with E-state index >= 15 is 0 Å². The molecule has 0 amide bonds. The monoisotopic (exact) mass is 456 g/mol. The number of ether oxygens (including phenoxy) is 2. The number of rotatable bonds is 7.